The van der Waals surface area contributed by atoms with Crippen LogP contribution < -0.4 is 5.69 Å². The Bertz CT molecular complexity index is 1000. The predicted molar refractivity (Wildman–Crippen MR) is 98.3 cm³/mol. The van der Waals surface area contributed by atoms with E-state index in [-0.39, 0.29) is 23.4 Å². The number of sulfonamides is 1. The minimum Gasteiger partial charge on any atom is -0.276 e. The number of hydrogen-bond donors (Lipinski definition) is 0. The van der Waals surface area contributed by atoms with E-state index in [1.807, 2.05) is 0 Å². The molecule has 7 nitrogen and oxygen atoms in total. The maximum Gasteiger partial charge on any atom is 0.345 e. The molecule has 1 aliphatic heterocycles. The van der Waals surface area contributed by atoms with E-state index in [0.717, 1.165) is 18.7 Å². The molecule has 2 aromatic rings. The van der Waals surface area contributed by atoms with Crippen LogP contribution in [0.4, 0.5) is 4.39 Å². The van der Waals surface area contributed by atoms with Gasteiger partial charge in [0.2, 0.25) is 10.0 Å². The Morgan fingerprint density at radius 1 is 1.19 bits per heavy atom. The molecule has 0 atom stereocenters. The Kier molecular flexibility index (Phi) is 4.67. The maximum absolute atomic E-state index is 13.3. The first-order valence-corrected chi connectivity index (χ1v) is 10.8. The Hall–Kier alpha value is -2.00. The van der Waals surface area contributed by atoms with Crippen LogP contribution in [-0.4, -0.2) is 40.2 Å². The topological polar surface area (TPSA) is 77.2 Å². The van der Waals surface area contributed by atoms with Crippen molar-refractivity contribution in [2.45, 2.75) is 43.4 Å². The van der Waals surface area contributed by atoms with Gasteiger partial charge in [0, 0.05) is 32.1 Å². The van der Waals surface area contributed by atoms with E-state index in [2.05, 4.69) is 5.10 Å². The van der Waals surface area contributed by atoms with Crippen molar-refractivity contribution in [2.24, 2.45) is 7.05 Å². The van der Waals surface area contributed by atoms with Gasteiger partial charge in [-0.25, -0.2) is 26.6 Å². The highest BCUT2D eigenvalue weighted by molar-refractivity contribution is 7.88. The number of aryl methyl sites for hydroxylation is 1. The van der Waals surface area contributed by atoms with Gasteiger partial charge in [-0.1, -0.05) is 12.1 Å². The second-order valence-electron chi connectivity index (χ2n) is 7.43. The third-order valence-corrected chi connectivity index (χ3v) is 7.19. The maximum atomic E-state index is 13.3. The van der Waals surface area contributed by atoms with Crippen molar-refractivity contribution in [3.63, 3.8) is 0 Å². The van der Waals surface area contributed by atoms with Crippen molar-refractivity contribution in [3.8, 4) is 0 Å². The number of hydrogen-bond acceptors (Lipinski definition) is 4. The van der Waals surface area contributed by atoms with E-state index < -0.39 is 15.8 Å². The first-order valence-electron chi connectivity index (χ1n) is 9.23. The summed E-state index contributed by atoms with van der Waals surface area (Å²) in [4.78, 5) is 12.3. The van der Waals surface area contributed by atoms with Crippen molar-refractivity contribution in [2.75, 3.05) is 13.1 Å². The van der Waals surface area contributed by atoms with E-state index in [0.29, 0.717) is 31.5 Å². The van der Waals surface area contributed by atoms with Gasteiger partial charge < -0.3 is 0 Å². The van der Waals surface area contributed by atoms with Crippen molar-refractivity contribution < 1.29 is 12.8 Å². The minimum atomic E-state index is -3.50. The fourth-order valence-corrected chi connectivity index (χ4v) is 5.32. The Labute approximate surface area is 157 Å². The third kappa shape index (κ3) is 3.70. The highest BCUT2D eigenvalue weighted by Crippen LogP contribution is 2.37. The quantitative estimate of drug-likeness (QED) is 0.774. The van der Waals surface area contributed by atoms with Gasteiger partial charge in [-0.15, -0.1) is 0 Å². The number of nitrogens with zero attached hydrogens (tertiary/aromatic N) is 4. The smallest absolute Gasteiger partial charge is 0.276 e. The highest BCUT2D eigenvalue weighted by Gasteiger charge is 2.35. The molecule has 1 aromatic heterocycles. The predicted octanol–water partition coefficient (Wildman–Crippen LogP) is 1.77. The van der Waals surface area contributed by atoms with E-state index in [1.54, 1.807) is 17.7 Å². The van der Waals surface area contributed by atoms with Crippen LogP contribution in [0.2, 0.25) is 0 Å². The lowest BCUT2D eigenvalue weighted by atomic mass is 9.97. The summed E-state index contributed by atoms with van der Waals surface area (Å²) in [6.07, 6.45) is 3.26. The molecule has 2 heterocycles. The van der Waals surface area contributed by atoms with Crippen LogP contribution in [0.25, 0.3) is 0 Å². The molecule has 1 aromatic carbocycles. The number of piperidine rings is 1. The van der Waals surface area contributed by atoms with Gasteiger partial charge in [0.25, 0.3) is 0 Å². The summed E-state index contributed by atoms with van der Waals surface area (Å²) in [7, 11) is -1.85. The van der Waals surface area contributed by atoms with Crippen LogP contribution in [0.1, 0.15) is 49.0 Å². The van der Waals surface area contributed by atoms with E-state index in [1.165, 1.54) is 27.2 Å². The number of aromatic nitrogens is 3. The average molecular weight is 394 g/mol. The van der Waals surface area contributed by atoms with E-state index >= 15 is 0 Å². The molecule has 1 aliphatic carbocycles. The lowest BCUT2D eigenvalue weighted by Crippen LogP contribution is -2.39. The molecule has 2 fully saturated rings. The van der Waals surface area contributed by atoms with Crippen LogP contribution in [0.5, 0.6) is 0 Å². The Morgan fingerprint density at radius 2 is 1.89 bits per heavy atom. The molecule has 1 saturated carbocycles. The first-order chi connectivity index (χ1) is 12.8. The van der Waals surface area contributed by atoms with Crippen molar-refractivity contribution in [1.82, 2.24) is 18.7 Å². The molecule has 0 spiro atoms. The summed E-state index contributed by atoms with van der Waals surface area (Å²) in [5, 5.41) is 4.42. The van der Waals surface area contributed by atoms with Gasteiger partial charge in [0.1, 0.15) is 11.6 Å². The van der Waals surface area contributed by atoms with Crippen LogP contribution >= 0.6 is 0 Å². The lowest BCUT2D eigenvalue weighted by Gasteiger charge is -2.30. The normalized spacial score (nSPS) is 19.5. The first kappa shape index (κ1) is 18.4. The van der Waals surface area contributed by atoms with Crippen molar-refractivity contribution in [3.05, 3.63) is 52.0 Å². The zero-order chi connectivity index (χ0) is 19.2. The van der Waals surface area contributed by atoms with Crippen LogP contribution in [-0.2, 0) is 22.8 Å². The summed E-state index contributed by atoms with van der Waals surface area (Å²) >= 11 is 0. The van der Waals surface area contributed by atoms with Gasteiger partial charge >= 0.3 is 5.69 Å². The average Bonchev–Trinajstić information content (AvgIpc) is 3.41. The standard InChI is InChI=1S/C18H23FN4O3S/c1-21-18(24)23(16-5-6-16)17(20-21)14-7-9-22(10-8-14)27(25,26)12-13-3-2-4-15(19)11-13/h2-4,11,14,16H,5-10,12H2,1H3. The number of halogens is 1. The summed E-state index contributed by atoms with van der Waals surface area (Å²) in [5.41, 5.74) is 0.359. The van der Waals surface area contributed by atoms with Crippen LogP contribution in [0.3, 0.4) is 0 Å². The second-order valence-corrected chi connectivity index (χ2v) is 9.39. The van der Waals surface area contributed by atoms with E-state index in [9.17, 15) is 17.6 Å². The molecular weight excluding hydrogens is 371 g/mol. The SMILES string of the molecule is Cn1nc(C2CCN(S(=O)(=O)Cc3cccc(F)c3)CC2)n(C2CC2)c1=O. The Balaban J connectivity index is 1.46. The zero-order valence-electron chi connectivity index (χ0n) is 15.2. The highest BCUT2D eigenvalue weighted by atomic mass is 32.2. The fraction of sp³-hybridized carbons (Fsp3) is 0.556. The lowest BCUT2D eigenvalue weighted by molar-refractivity contribution is 0.308. The fourth-order valence-electron chi connectivity index (χ4n) is 3.77. The second kappa shape index (κ2) is 6.87. The van der Waals surface area contributed by atoms with Crippen molar-refractivity contribution in [1.29, 1.82) is 0 Å². The summed E-state index contributed by atoms with van der Waals surface area (Å²) in [6, 6.07) is 5.94. The van der Waals surface area contributed by atoms with Gasteiger partial charge in [-0.2, -0.15) is 5.10 Å². The third-order valence-electron chi connectivity index (χ3n) is 5.34. The summed E-state index contributed by atoms with van der Waals surface area (Å²) in [5.74, 6) is 0.230. The Morgan fingerprint density at radius 3 is 2.52 bits per heavy atom. The minimum absolute atomic E-state index is 0.0834. The van der Waals surface area contributed by atoms with Gasteiger partial charge in [-0.3, -0.25) is 4.57 Å². The number of benzene rings is 1. The summed E-state index contributed by atoms with van der Waals surface area (Å²) in [6.45, 7) is 0.773. The van der Waals surface area contributed by atoms with Gasteiger partial charge in [0.05, 0.1) is 5.75 Å². The molecule has 146 valence electrons. The molecule has 4 rings (SSSR count). The molecule has 0 bridgehead atoms. The molecule has 0 amide bonds. The molecule has 2 aliphatic rings. The number of rotatable bonds is 5. The molecular formula is C18H23FN4O3S. The monoisotopic (exact) mass is 394 g/mol. The van der Waals surface area contributed by atoms with Crippen molar-refractivity contribution >= 4 is 10.0 Å². The molecule has 9 heteroatoms. The molecule has 0 radical (unpaired) electrons. The molecule has 0 unspecified atom stereocenters. The molecule has 0 N–H and O–H groups in total. The molecule has 27 heavy (non-hydrogen) atoms. The molecule has 1 saturated heterocycles. The van der Waals surface area contributed by atoms with E-state index in [4.69, 9.17) is 0 Å². The van der Waals surface area contributed by atoms with Crippen LogP contribution in [0, 0.1) is 5.82 Å². The zero-order valence-corrected chi connectivity index (χ0v) is 16.0. The van der Waals surface area contributed by atoms with Gasteiger partial charge in [0.15, 0.2) is 0 Å². The summed E-state index contributed by atoms with van der Waals surface area (Å²) < 4.78 is 43.3. The van der Waals surface area contributed by atoms with Gasteiger partial charge in [-0.05, 0) is 43.4 Å². The van der Waals surface area contributed by atoms with Crippen LogP contribution in [0.15, 0.2) is 29.1 Å². The largest absolute Gasteiger partial charge is 0.345 e.